The first-order valence-corrected chi connectivity index (χ1v) is 6.29. The molecule has 84 valence electrons. The van der Waals surface area contributed by atoms with Crippen molar-refractivity contribution in [3.05, 3.63) is 17.2 Å². The molecule has 0 saturated heterocycles. The zero-order valence-corrected chi connectivity index (χ0v) is 10.5. The van der Waals surface area contributed by atoms with Crippen LogP contribution in [0.3, 0.4) is 0 Å². The van der Waals surface area contributed by atoms with Crippen molar-refractivity contribution in [3.63, 3.8) is 0 Å². The van der Waals surface area contributed by atoms with Gasteiger partial charge < -0.3 is 9.47 Å². The molecule has 1 aromatic rings. The fourth-order valence-corrected chi connectivity index (χ4v) is 2.42. The molecule has 1 heterocycles. The molecule has 0 radical (unpaired) electrons. The van der Waals surface area contributed by atoms with Crippen LogP contribution in [0.2, 0.25) is 5.02 Å². The van der Waals surface area contributed by atoms with Gasteiger partial charge in [0.2, 0.25) is 0 Å². The number of hydrogen-bond donors (Lipinski definition) is 0. The maximum Gasteiger partial charge on any atom is 0.162 e. The van der Waals surface area contributed by atoms with Crippen LogP contribution < -0.4 is 9.47 Å². The molecular weight excluding hydrogens is 244 g/mol. The molecule has 0 bridgehead atoms. The van der Waals surface area contributed by atoms with E-state index in [1.165, 1.54) is 0 Å². The molecule has 0 spiro atoms. The normalized spacial score (nSPS) is 12.9. The highest BCUT2D eigenvalue weighted by molar-refractivity contribution is 7.99. The molecule has 1 aromatic carbocycles. The number of rotatable bonds is 2. The standard InChI is InChI=1S/C12H11ClO2S/c1-2-3-6-16-12-8-11-10(7-9(12)13)14-4-5-15-11/h7-8H,4-6H2,1H3. The summed E-state index contributed by atoms with van der Waals surface area (Å²) in [7, 11) is 0. The van der Waals surface area contributed by atoms with E-state index in [1.807, 2.05) is 13.0 Å². The van der Waals surface area contributed by atoms with Crippen molar-refractivity contribution in [2.45, 2.75) is 11.8 Å². The summed E-state index contributed by atoms with van der Waals surface area (Å²) in [6, 6.07) is 3.72. The predicted molar refractivity (Wildman–Crippen MR) is 66.6 cm³/mol. The van der Waals surface area contributed by atoms with Gasteiger partial charge in [0.1, 0.15) is 13.2 Å². The Labute approximate surface area is 104 Å². The monoisotopic (exact) mass is 254 g/mol. The Morgan fingerprint density at radius 2 is 2.00 bits per heavy atom. The van der Waals surface area contributed by atoms with Crippen molar-refractivity contribution in [2.24, 2.45) is 0 Å². The summed E-state index contributed by atoms with van der Waals surface area (Å²) in [6.45, 7) is 3.00. The second-order valence-electron chi connectivity index (χ2n) is 3.14. The maximum absolute atomic E-state index is 6.14. The number of fused-ring (bicyclic) bond motifs is 1. The van der Waals surface area contributed by atoms with E-state index in [1.54, 1.807) is 17.8 Å². The zero-order valence-electron chi connectivity index (χ0n) is 8.88. The van der Waals surface area contributed by atoms with Crippen molar-refractivity contribution in [3.8, 4) is 23.3 Å². The van der Waals surface area contributed by atoms with Gasteiger partial charge in [-0.25, -0.2) is 0 Å². The summed E-state index contributed by atoms with van der Waals surface area (Å²) >= 11 is 7.74. The number of ether oxygens (including phenoxy) is 2. The molecule has 0 atom stereocenters. The molecule has 0 N–H and O–H groups in total. The molecule has 0 fully saturated rings. The minimum absolute atomic E-state index is 0.580. The van der Waals surface area contributed by atoms with Gasteiger partial charge in [-0.15, -0.1) is 17.7 Å². The highest BCUT2D eigenvalue weighted by atomic mass is 35.5. The van der Waals surface area contributed by atoms with E-state index in [0.29, 0.717) is 18.2 Å². The van der Waals surface area contributed by atoms with Crippen LogP contribution in [-0.4, -0.2) is 19.0 Å². The molecule has 0 aromatic heterocycles. The van der Waals surface area contributed by atoms with Crippen LogP contribution >= 0.6 is 23.4 Å². The van der Waals surface area contributed by atoms with Crippen LogP contribution in [0.4, 0.5) is 0 Å². The largest absolute Gasteiger partial charge is 0.486 e. The highest BCUT2D eigenvalue weighted by Crippen LogP contribution is 2.39. The van der Waals surface area contributed by atoms with E-state index >= 15 is 0 Å². The second kappa shape index (κ2) is 5.38. The molecule has 0 amide bonds. The van der Waals surface area contributed by atoms with Crippen molar-refractivity contribution < 1.29 is 9.47 Å². The smallest absolute Gasteiger partial charge is 0.162 e. The topological polar surface area (TPSA) is 18.5 Å². The van der Waals surface area contributed by atoms with E-state index in [9.17, 15) is 0 Å². The van der Waals surface area contributed by atoms with E-state index in [2.05, 4.69) is 11.8 Å². The summed E-state index contributed by atoms with van der Waals surface area (Å²) < 4.78 is 10.9. The average Bonchev–Trinajstić information content (AvgIpc) is 2.30. The molecular formula is C12H11ClO2S. The number of hydrogen-bond acceptors (Lipinski definition) is 3. The van der Waals surface area contributed by atoms with Crippen LogP contribution in [0.1, 0.15) is 6.92 Å². The van der Waals surface area contributed by atoms with Crippen molar-refractivity contribution >= 4 is 23.4 Å². The first-order chi connectivity index (χ1) is 7.81. The fraction of sp³-hybridized carbons (Fsp3) is 0.333. The van der Waals surface area contributed by atoms with Gasteiger partial charge in [-0.1, -0.05) is 17.5 Å². The lowest BCUT2D eigenvalue weighted by Crippen LogP contribution is -2.15. The summed E-state index contributed by atoms with van der Waals surface area (Å²) in [5.74, 6) is 8.06. The van der Waals surface area contributed by atoms with E-state index < -0.39 is 0 Å². The Morgan fingerprint density at radius 3 is 2.69 bits per heavy atom. The first kappa shape index (κ1) is 11.5. The fourth-order valence-electron chi connectivity index (χ4n) is 1.34. The van der Waals surface area contributed by atoms with Crippen LogP contribution in [0, 0.1) is 11.8 Å². The number of thioether (sulfide) groups is 1. The zero-order chi connectivity index (χ0) is 11.4. The third kappa shape index (κ3) is 2.58. The lowest BCUT2D eigenvalue weighted by atomic mass is 10.3. The molecule has 2 rings (SSSR count). The first-order valence-electron chi connectivity index (χ1n) is 4.93. The van der Waals surface area contributed by atoms with Gasteiger partial charge >= 0.3 is 0 Å². The van der Waals surface area contributed by atoms with E-state index in [0.717, 1.165) is 22.1 Å². The summed E-state index contributed by atoms with van der Waals surface area (Å²) in [5, 5.41) is 0.687. The van der Waals surface area contributed by atoms with Crippen LogP contribution in [0.25, 0.3) is 0 Å². The summed E-state index contributed by atoms with van der Waals surface area (Å²) in [5.41, 5.74) is 0. The van der Waals surface area contributed by atoms with Crippen LogP contribution in [0.15, 0.2) is 17.0 Å². The van der Waals surface area contributed by atoms with Crippen LogP contribution in [-0.2, 0) is 0 Å². The summed E-state index contributed by atoms with van der Waals surface area (Å²) in [6.07, 6.45) is 0. The summed E-state index contributed by atoms with van der Waals surface area (Å²) in [4.78, 5) is 0.980. The van der Waals surface area contributed by atoms with Gasteiger partial charge in [0.25, 0.3) is 0 Å². The Morgan fingerprint density at radius 1 is 1.31 bits per heavy atom. The van der Waals surface area contributed by atoms with Gasteiger partial charge in [0.15, 0.2) is 11.5 Å². The van der Waals surface area contributed by atoms with Gasteiger partial charge in [-0.2, -0.15) is 0 Å². The van der Waals surface area contributed by atoms with Gasteiger partial charge in [-0.3, -0.25) is 0 Å². The number of benzene rings is 1. The van der Waals surface area contributed by atoms with Crippen LogP contribution in [0.5, 0.6) is 11.5 Å². The molecule has 16 heavy (non-hydrogen) atoms. The third-order valence-corrected chi connectivity index (χ3v) is 3.44. The van der Waals surface area contributed by atoms with Crippen molar-refractivity contribution in [1.29, 1.82) is 0 Å². The average molecular weight is 255 g/mol. The molecule has 0 aliphatic carbocycles. The molecule has 1 aliphatic heterocycles. The lowest BCUT2D eigenvalue weighted by Gasteiger charge is -2.19. The van der Waals surface area contributed by atoms with Crippen molar-refractivity contribution in [2.75, 3.05) is 19.0 Å². The van der Waals surface area contributed by atoms with E-state index in [4.69, 9.17) is 21.1 Å². The lowest BCUT2D eigenvalue weighted by molar-refractivity contribution is 0.171. The third-order valence-electron chi connectivity index (χ3n) is 2.07. The highest BCUT2D eigenvalue weighted by Gasteiger charge is 2.14. The minimum atomic E-state index is 0.580. The van der Waals surface area contributed by atoms with Gasteiger partial charge in [0.05, 0.1) is 10.8 Å². The maximum atomic E-state index is 6.14. The molecule has 0 unspecified atom stereocenters. The number of halogens is 1. The molecule has 4 heteroatoms. The Bertz CT molecular complexity index is 448. The Kier molecular flexibility index (Phi) is 3.87. The van der Waals surface area contributed by atoms with Gasteiger partial charge in [0, 0.05) is 11.0 Å². The Hall–Kier alpha value is -0.980. The minimum Gasteiger partial charge on any atom is -0.486 e. The predicted octanol–water partition coefficient (Wildman–Crippen LogP) is 3.23. The molecule has 1 aliphatic rings. The molecule has 0 saturated carbocycles. The molecule has 2 nitrogen and oxygen atoms in total. The Balaban J connectivity index is 2.20. The quantitative estimate of drug-likeness (QED) is 0.596. The SMILES string of the molecule is CC#CCSc1cc2c(cc1Cl)OCCO2. The van der Waals surface area contributed by atoms with E-state index in [-0.39, 0.29) is 0 Å². The van der Waals surface area contributed by atoms with Gasteiger partial charge in [-0.05, 0) is 13.0 Å². The second-order valence-corrected chi connectivity index (χ2v) is 4.57. The van der Waals surface area contributed by atoms with Crippen molar-refractivity contribution in [1.82, 2.24) is 0 Å².